The van der Waals surface area contributed by atoms with Crippen LogP contribution < -0.4 is 4.74 Å². The highest BCUT2D eigenvalue weighted by Gasteiger charge is 2.23. The number of aryl methyl sites for hydroxylation is 1. The second kappa shape index (κ2) is 9.34. The number of hydrogen-bond donors (Lipinski definition) is 2. The molecular weight excluding hydrogens is 482 g/mol. The molecule has 2 aromatic carbocycles. The van der Waals surface area contributed by atoms with Gasteiger partial charge in [-0.2, -0.15) is 9.97 Å². The molecule has 4 heterocycles. The van der Waals surface area contributed by atoms with Gasteiger partial charge < -0.3 is 24.1 Å². The van der Waals surface area contributed by atoms with E-state index in [-0.39, 0.29) is 6.10 Å². The molecule has 36 heavy (non-hydrogen) atoms. The zero-order chi connectivity index (χ0) is 24.6. The summed E-state index contributed by atoms with van der Waals surface area (Å²) in [5.74, 6) is 1.11. The quantitative estimate of drug-likeness (QED) is 0.350. The standard InChI is InChI=1S/C26H22ClN5O4/c1-14-28-24(32-36-14)18-8-4-16(5-9-18)15-2-6-17(7-3-15)23-21(27)11-22-25(30-23)31-26(29-22)35-20-10-19(33)12-34-13-20/h2-9,11,19-20,33H,10,12-13H2,1H3,(H,29,30,31). The molecule has 3 aromatic heterocycles. The first-order chi connectivity index (χ1) is 17.5. The van der Waals surface area contributed by atoms with Crippen LogP contribution in [-0.2, 0) is 4.74 Å². The molecule has 0 aliphatic carbocycles. The summed E-state index contributed by atoms with van der Waals surface area (Å²) in [5, 5.41) is 14.2. The highest BCUT2D eigenvalue weighted by atomic mass is 35.5. The molecule has 0 amide bonds. The summed E-state index contributed by atoms with van der Waals surface area (Å²) in [5.41, 5.74) is 5.69. The second-order valence-corrected chi connectivity index (χ2v) is 9.10. The average Bonchev–Trinajstić information content (AvgIpc) is 3.49. The van der Waals surface area contributed by atoms with Crippen molar-refractivity contribution in [3.63, 3.8) is 0 Å². The summed E-state index contributed by atoms with van der Waals surface area (Å²) in [6, 6.07) is 18.1. The van der Waals surface area contributed by atoms with Crippen LogP contribution in [0.4, 0.5) is 0 Å². The predicted molar refractivity (Wildman–Crippen MR) is 134 cm³/mol. The van der Waals surface area contributed by atoms with Gasteiger partial charge in [0.15, 0.2) is 5.65 Å². The first kappa shape index (κ1) is 22.7. The Morgan fingerprint density at radius 2 is 1.64 bits per heavy atom. The summed E-state index contributed by atoms with van der Waals surface area (Å²) in [7, 11) is 0. The van der Waals surface area contributed by atoms with Crippen LogP contribution in [0, 0.1) is 6.92 Å². The van der Waals surface area contributed by atoms with Gasteiger partial charge in [-0.25, -0.2) is 4.98 Å². The summed E-state index contributed by atoms with van der Waals surface area (Å²) in [4.78, 5) is 16.5. The highest BCUT2D eigenvalue weighted by Crippen LogP contribution is 2.32. The molecule has 0 spiro atoms. The van der Waals surface area contributed by atoms with E-state index in [1.807, 2.05) is 48.5 Å². The molecule has 1 saturated heterocycles. The maximum absolute atomic E-state index is 9.77. The number of nitrogens with zero attached hydrogens (tertiary/aromatic N) is 4. The average molecular weight is 504 g/mol. The fourth-order valence-corrected chi connectivity index (χ4v) is 4.48. The zero-order valence-corrected chi connectivity index (χ0v) is 20.1. The lowest BCUT2D eigenvalue weighted by Crippen LogP contribution is -2.36. The predicted octanol–water partition coefficient (Wildman–Crippen LogP) is 4.83. The van der Waals surface area contributed by atoms with E-state index in [2.05, 4.69) is 25.1 Å². The fourth-order valence-electron chi connectivity index (χ4n) is 4.22. The monoisotopic (exact) mass is 503 g/mol. The van der Waals surface area contributed by atoms with Crippen LogP contribution in [0.5, 0.6) is 6.01 Å². The van der Waals surface area contributed by atoms with E-state index in [4.69, 9.17) is 25.6 Å². The van der Waals surface area contributed by atoms with Gasteiger partial charge in [0.25, 0.3) is 6.01 Å². The Kier molecular flexibility index (Phi) is 5.88. The van der Waals surface area contributed by atoms with Gasteiger partial charge in [-0.05, 0) is 17.2 Å². The molecule has 5 aromatic rings. The number of aliphatic hydroxyl groups excluding tert-OH is 1. The molecule has 10 heteroatoms. The van der Waals surface area contributed by atoms with Crippen molar-refractivity contribution in [2.75, 3.05) is 13.2 Å². The van der Waals surface area contributed by atoms with Crippen LogP contribution in [0.1, 0.15) is 12.3 Å². The van der Waals surface area contributed by atoms with Crippen LogP contribution in [0.2, 0.25) is 5.02 Å². The molecular formula is C26H22ClN5O4. The molecule has 0 saturated carbocycles. The molecule has 2 N–H and O–H groups in total. The number of imidazole rings is 1. The van der Waals surface area contributed by atoms with Gasteiger partial charge in [0, 0.05) is 24.5 Å². The Morgan fingerprint density at radius 1 is 0.944 bits per heavy atom. The van der Waals surface area contributed by atoms with Crippen LogP contribution >= 0.6 is 11.6 Å². The molecule has 1 aliphatic rings. The number of fused-ring (bicyclic) bond motifs is 1. The van der Waals surface area contributed by atoms with E-state index in [1.165, 1.54) is 0 Å². The largest absolute Gasteiger partial charge is 0.459 e. The molecule has 6 rings (SSSR count). The van der Waals surface area contributed by atoms with Crippen LogP contribution in [0.25, 0.3) is 44.9 Å². The molecule has 9 nitrogen and oxygen atoms in total. The van der Waals surface area contributed by atoms with Gasteiger partial charge in [0.2, 0.25) is 11.7 Å². The summed E-state index contributed by atoms with van der Waals surface area (Å²) >= 11 is 6.57. The molecule has 0 radical (unpaired) electrons. The fraction of sp³-hybridized carbons (Fsp3) is 0.231. The number of aromatic amines is 1. The lowest BCUT2D eigenvalue weighted by molar-refractivity contribution is -0.0646. The van der Waals surface area contributed by atoms with Crippen molar-refractivity contribution >= 4 is 22.8 Å². The number of nitrogens with one attached hydrogen (secondary N) is 1. The first-order valence-corrected chi connectivity index (χ1v) is 11.9. The Bertz CT molecular complexity index is 1510. The molecule has 1 fully saturated rings. The van der Waals surface area contributed by atoms with E-state index in [0.29, 0.717) is 59.2 Å². The highest BCUT2D eigenvalue weighted by molar-refractivity contribution is 6.33. The Morgan fingerprint density at radius 3 is 2.31 bits per heavy atom. The number of aliphatic hydroxyl groups is 1. The van der Waals surface area contributed by atoms with Crippen LogP contribution in [0.3, 0.4) is 0 Å². The Balaban J connectivity index is 1.22. The number of aromatic nitrogens is 5. The Hall–Kier alpha value is -3.79. The lowest BCUT2D eigenvalue weighted by Gasteiger charge is -2.25. The van der Waals surface area contributed by atoms with Crippen molar-refractivity contribution in [3.8, 4) is 39.8 Å². The summed E-state index contributed by atoms with van der Waals surface area (Å²) < 4.78 is 16.3. The van der Waals surface area contributed by atoms with Crippen molar-refractivity contribution in [3.05, 3.63) is 65.5 Å². The van der Waals surface area contributed by atoms with Crippen LogP contribution in [-0.4, -0.2) is 55.6 Å². The smallest absolute Gasteiger partial charge is 0.296 e. The minimum absolute atomic E-state index is 0.276. The topological polar surface area (TPSA) is 119 Å². The number of ether oxygens (including phenoxy) is 2. The van der Waals surface area contributed by atoms with E-state index >= 15 is 0 Å². The van der Waals surface area contributed by atoms with Gasteiger partial charge >= 0.3 is 0 Å². The van der Waals surface area contributed by atoms with E-state index in [0.717, 1.165) is 22.3 Å². The van der Waals surface area contributed by atoms with Gasteiger partial charge in [-0.15, -0.1) is 0 Å². The van der Waals surface area contributed by atoms with Gasteiger partial charge in [0.05, 0.1) is 35.6 Å². The van der Waals surface area contributed by atoms with Crippen molar-refractivity contribution in [2.45, 2.75) is 25.6 Å². The molecule has 2 atom stereocenters. The van der Waals surface area contributed by atoms with Crippen molar-refractivity contribution in [1.82, 2.24) is 25.1 Å². The van der Waals surface area contributed by atoms with Gasteiger partial charge in [-0.1, -0.05) is 65.3 Å². The molecule has 1 aliphatic heterocycles. The van der Waals surface area contributed by atoms with E-state index < -0.39 is 6.10 Å². The van der Waals surface area contributed by atoms with Gasteiger partial charge in [0.1, 0.15) is 6.10 Å². The number of halogens is 1. The lowest BCUT2D eigenvalue weighted by atomic mass is 10.0. The zero-order valence-electron chi connectivity index (χ0n) is 19.3. The first-order valence-electron chi connectivity index (χ1n) is 11.5. The SMILES string of the molecule is Cc1nc(-c2ccc(-c3ccc(-c4nc5nc(OC6COCC(O)C6)[nH]c5cc4Cl)cc3)cc2)no1. The van der Waals surface area contributed by atoms with Gasteiger partial charge in [-0.3, -0.25) is 0 Å². The van der Waals surface area contributed by atoms with Crippen molar-refractivity contribution in [2.24, 2.45) is 0 Å². The Labute approximate surface area is 211 Å². The minimum Gasteiger partial charge on any atom is -0.459 e. The normalized spacial score (nSPS) is 18.0. The van der Waals surface area contributed by atoms with Crippen molar-refractivity contribution in [1.29, 1.82) is 0 Å². The summed E-state index contributed by atoms with van der Waals surface area (Å²) in [6.45, 7) is 2.49. The minimum atomic E-state index is -0.539. The van der Waals surface area contributed by atoms with Crippen LogP contribution in [0.15, 0.2) is 59.1 Å². The molecule has 182 valence electrons. The number of hydrogen-bond acceptors (Lipinski definition) is 8. The molecule has 2 unspecified atom stereocenters. The number of benzene rings is 2. The maximum atomic E-state index is 9.77. The molecule has 0 bridgehead atoms. The third kappa shape index (κ3) is 4.56. The second-order valence-electron chi connectivity index (χ2n) is 8.69. The number of rotatable bonds is 5. The summed E-state index contributed by atoms with van der Waals surface area (Å²) in [6.07, 6.45) is -0.326. The maximum Gasteiger partial charge on any atom is 0.296 e. The van der Waals surface area contributed by atoms with E-state index in [9.17, 15) is 5.11 Å². The van der Waals surface area contributed by atoms with E-state index in [1.54, 1.807) is 13.0 Å². The number of pyridine rings is 1. The third-order valence-electron chi connectivity index (χ3n) is 5.99. The van der Waals surface area contributed by atoms with Crippen molar-refractivity contribution < 1.29 is 19.1 Å². The third-order valence-corrected chi connectivity index (χ3v) is 6.28. The number of H-pyrrole nitrogens is 1.